The molecule has 7 rings (SSSR count). The van der Waals surface area contributed by atoms with Gasteiger partial charge in [0.25, 0.3) is 0 Å². The van der Waals surface area contributed by atoms with E-state index < -0.39 is 7.92 Å². The van der Waals surface area contributed by atoms with Crippen molar-refractivity contribution >= 4 is 64.6 Å². The molecule has 0 fully saturated rings. The summed E-state index contributed by atoms with van der Waals surface area (Å²) in [5, 5.41) is 12.2. The molecule has 0 saturated carbocycles. The molecule has 0 aliphatic rings. The minimum atomic E-state index is -0.863. The number of benzene rings is 7. The third-order valence-electron chi connectivity index (χ3n) is 8.76. The first-order valence-electron chi connectivity index (χ1n) is 16.1. The van der Waals surface area contributed by atoms with E-state index in [1.807, 2.05) is 0 Å². The van der Waals surface area contributed by atoms with E-state index in [1.165, 1.54) is 92.6 Å². The lowest BCUT2D eigenvalue weighted by Crippen LogP contribution is -2.24. The van der Waals surface area contributed by atoms with Gasteiger partial charge in [-0.25, -0.2) is 0 Å². The fourth-order valence-corrected chi connectivity index (χ4v) is 11.5. The minimum Gasteiger partial charge on any atom is -0.0616 e. The lowest BCUT2D eigenvalue weighted by molar-refractivity contribution is 1.40. The maximum absolute atomic E-state index is 2.45. The van der Waals surface area contributed by atoms with E-state index in [-0.39, 0.29) is 0 Å². The summed E-state index contributed by atoms with van der Waals surface area (Å²) in [7, 11) is -0.312. The molecule has 0 amide bonds. The standard InChI is InChI=1S/C44H40P2/c1-28-19-29(2)23-36(22-28)45-41-17-15-34-11-7-9-13-39(34)43(41)44-40-14-10-8-12-35(40)16-18-42(44)46(37-24-30(3)20-31(4)25-37)38-26-32(5)21-33(6)27-38/h7-27,45H,1-6H3. The molecule has 0 aliphatic carbocycles. The molecule has 0 saturated heterocycles. The Bertz CT molecular complexity index is 2150. The molecule has 2 heteroatoms. The molecule has 1 atom stereocenters. The molecule has 1 unspecified atom stereocenters. The molecule has 0 radical (unpaired) electrons. The van der Waals surface area contributed by atoms with Gasteiger partial charge in [0, 0.05) is 0 Å². The Morgan fingerprint density at radius 2 is 0.848 bits per heavy atom. The predicted molar refractivity (Wildman–Crippen MR) is 208 cm³/mol. The average molecular weight is 631 g/mol. The van der Waals surface area contributed by atoms with Gasteiger partial charge in [-0.2, -0.15) is 0 Å². The fraction of sp³-hybridized carbons (Fsp3) is 0.136. The van der Waals surface area contributed by atoms with E-state index in [2.05, 4.69) is 169 Å². The summed E-state index contributed by atoms with van der Waals surface area (Å²) in [5.41, 5.74) is 10.7. The molecule has 7 aromatic rings. The van der Waals surface area contributed by atoms with E-state index in [4.69, 9.17) is 0 Å². The largest absolute Gasteiger partial charge is 0.0616 e. The maximum Gasteiger partial charge on any atom is -0.000905 e. The van der Waals surface area contributed by atoms with Crippen molar-refractivity contribution in [1.29, 1.82) is 0 Å². The van der Waals surface area contributed by atoms with Gasteiger partial charge in [0.15, 0.2) is 0 Å². The molecule has 0 aliphatic heterocycles. The van der Waals surface area contributed by atoms with E-state index in [9.17, 15) is 0 Å². The smallest absolute Gasteiger partial charge is 0.000905 e. The molecule has 0 spiro atoms. The number of aryl methyl sites for hydroxylation is 6. The van der Waals surface area contributed by atoms with Crippen LogP contribution in [0.5, 0.6) is 0 Å². The van der Waals surface area contributed by atoms with E-state index in [0.29, 0.717) is 8.58 Å². The number of hydrogen-bond donors (Lipinski definition) is 0. The number of rotatable bonds is 6. The molecule has 0 heterocycles. The van der Waals surface area contributed by atoms with Crippen LogP contribution in [0.15, 0.2) is 127 Å². The van der Waals surface area contributed by atoms with Gasteiger partial charge in [-0.05, 0) is 109 Å². The molecular formula is C44H40P2. The molecule has 0 bridgehead atoms. The van der Waals surface area contributed by atoms with Gasteiger partial charge in [0.1, 0.15) is 0 Å². The van der Waals surface area contributed by atoms with Crippen LogP contribution in [0.25, 0.3) is 32.7 Å². The quantitative estimate of drug-likeness (QED) is 0.161. The van der Waals surface area contributed by atoms with Crippen molar-refractivity contribution in [3.8, 4) is 11.1 Å². The summed E-state index contributed by atoms with van der Waals surface area (Å²) in [4.78, 5) is 0. The van der Waals surface area contributed by atoms with Crippen molar-refractivity contribution in [3.05, 3.63) is 161 Å². The normalized spacial score (nSPS) is 11.8. The van der Waals surface area contributed by atoms with Crippen LogP contribution in [0.4, 0.5) is 0 Å². The van der Waals surface area contributed by atoms with E-state index in [1.54, 1.807) is 0 Å². The Labute approximate surface area is 277 Å². The summed E-state index contributed by atoms with van der Waals surface area (Å²) in [5.74, 6) is 0. The topological polar surface area (TPSA) is 0 Å². The molecule has 226 valence electrons. The van der Waals surface area contributed by atoms with Crippen molar-refractivity contribution in [3.63, 3.8) is 0 Å². The van der Waals surface area contributed by atoms with Gasteiger partial charge in [0.05, 0.1) is 0 Å². The Morgan fingerprint density at radius 1 is 0.413 bits per heavy atom. The highest BCUT2D eigenvalue weighted by Crippen LogP contribution is 2.43. The van der Waals surface area contributed by atoms with E-state index >= 15 is 0 Å². The zero-order valence-corrected chi connectivity index (χ0v) is 29.5. The highest BCUT2D eigenvalue weighted by molar-refractivity contribution is 7.80. The summed E-state index contributed by atoms with van der Waals surface area (Å²) >= 11 is 0. The van der Waals surface area contributed by atoms with Crippen LogP contribution < -0.4 is 26.5 Å². The first-order valence-corrected chi connectivity index (χ1v) is 18.4. The Balaban J connectivity index is 1.61. The van der Waals surface area contributed by atoms with Gasteiger partial charge in [-0.3, -0.25) is 0 Å². The Hall–Kier alpha value is -4.08. The van der Waals surface area contributed by atoms with Crippen molar-refractivity contribution < 1.29 is 0 Å². The van der Waals surface area contributed by atoms with Gasteiger partial charge >= 0.3 is 0 Å². The molecule has 0 N–H and O–H groups in total. The van der Waals surface area contributed by atoms with Gasteiger partial charge < -0.3 is 0 Å². The number of fused-ring (bicyclic) bond motifs is 2. The lowest BCUT2D eigenvalue weighted by Gasteiger charge is -2.27. The second kappa shape index (κ2) is 12.6. The third-order valence-corrected chi connectivity index (χ3v) is 12.4. The van der Waals surface area contributed by atoms with E-state index in [0.717, 1.165) is 0 Å². The van der Waals surface area contributed by atoms with Crippen LogP contribution in [0.3, 0.4) is 0 Å². The zero-order valence-electron chi connectivity index (χ0n) is 27.6. The van der Waals surface area contributed by atoms with Crippen LogP contribution in [0.2, 0.25) is 0 Å². The third kappa shape index (κ3) is 6.06. The Morgan fingerprint density at radius 3 is 1.37 bits per heavy atom. The predicted octanol–water partition coefficient (Wildman–Crippen LogP) is 9.90. The minimum absolute atomic E-state index is 0.550. The van der Waals surface area contributed by atoms with Crippen LogP contribution >= 0.6 is 16.5 Å². The SMILES string of the molecule is Cc1cc(C)cc(Pc2ccc3ccccc3c2-c2c(P(c3cc(C)cc(C)c3)c3cc(C)cc(C)c3)ccc3ccccc23)c1. The van der Waals surface area contributed by atoms with Gasteiger partial charge in [-0.1, -0.05) is 169 Å². The first-order chi connectivity index (χ1) is 22.2. The van der Waals surface area contributed by atoms with Crippen LogP contribution in [-0.4, -0.2) is 0 Å². The summed E-state index contributed by atoms with van der Waals surface area (Å²) in [6, 6.07) is 48.8. The van der Waals surface area contributed by atoms with Crippen LogP contribution in [0.1, 0.15) is 33.4 Å². The highest BCUT2D eigenvalue weighted by atomic mass is 31.1. The fourth-order valence-electron chi connectivity index (χ4n) is 7.14. The van der Waals surface area contributed by atoms with Crippen molar-refractivity contribution in [2.24, 2.45) is 0 Å². The summed E-state index contributed by atoms with van der Waals surface area (Å²) in [6.45, 7) is 13.4. The first kappa shape index (κ1) is 30.6. The van der Waals surface area contributed by atoms with Crippen molar-refractivity contribution in [2.75, 3.05) is 0 Å². The maximum atomic E-state index is 2.45. The second-order valence-electron chi connectivity index (χ2n) is 12.9. The van der Waals surface area contributed by atoms with Crippen LogP contribution in [0, 0.1) is 41.5 Å². The van der Waals surface area contributed by atoms with Crippen molar-refractivity contribution in [2.45, 2.75) is 41.5 Å². The molecule has 46 heavy (non-hydrogen) atoms. The monoisotopic (exact) mass is 630 g/mol. The molecule has 0 nitrogen and oxygen atoms in total. The number of hydrogen-bond acceptors (Lipinski definition) is 0. The molecular weight excluding hydrogens is 590 g/mol. The van der Waals surface area contributed by atoms with Crippen molar-refractivity contribution in [1.82, 2.24) is 0 Å². The van der Waals surface area contributed by atoms with Crippen LogP contribution in [-0.2, 0) is 0 Å². The zero-order chi connectivity index (χ0) is 31.9. The Kier molecular flexibility index (Phi) is 8.38. The average Bonchev–Trinajstić information content (AvgIpc) is 3.00. The lowest BCUT2D eigenvalue weighted by atomic mass is 9.93. The summed E-state index contributed by atoms with van der Waals surface area (Å²) < 4.78 is 0. The van der Waals surface area contributed by atoms with Gasteiger partial charge in [-0.15, -0.1) is 0 Å². The molecule has 7 aromatic carbocycles. The second-order valence-corrected chi connectivity index (χ2v) is 16.5. The highest BCUT2D eigenvalue weighted by Gasteiger charge is 2.25. The van der Waals surface area contributed by atoms with Gasteiger partial charge in [0.2, 0.25) is 0 Å². The summed E-state index contributed by atoms with van der Waals surface area (Å²) in [6.07, 6.45) is 0. The molecule has 0 aromatic heterocycles.